The number of carbonyl (C=O) groups is 2. The van der Waals surface area contributed by atoms with Gasteiger partial charge >= 0.3 is 11.9 Å². The fourth-order valence-corrected chi connectivity index (χ4v) is 1.05. The lowest BCUT2D eigenvalue weighted by Gasteiger charge is -1.97. The highest BCUT2D eigenvalue weighted by Gasteiger charge is 2.04. The highest BCUT2D eigenvalue weighted by atomic mass is 16.5. The van der Waals surface area contributed by atoms with Crippen LogP contribution in [0.15, 0.2) is 18.5 Å². The topological polar surface area (TPSA) is 89.4 Å². The molecule has 0 amide bonds. The molecule has 0 aliphatic rings. The second-order valence-electron chi connectivity index (χ2n) is 3.06. The van der Waals surface area contributed by atoms with E-state index in [-0.39, 0.29) is 18.2 Å². The summed E-state index contributed by atoms with van der Waals surface area (Å²) >= 11 is 0. The maximum absolute atomic E-state index is 11.0. The second kappa shape index (κ2) is 6.37. The summed E-state index contributed by atoms with van der Waals surface area (Å²) in [7, 11) is 0. The molecule has 6 nitrogen and oxygen atoms in total. The average molecular weight is 236 g/mol. The van der Waals surface area contributed by atoms with Crippen LogP contribution in [0.5, 0.6) is 0 Å². The summed E-state index contributed by atoms with van der Waals surface area (Å²) in [6.07, 6.45) is 6.14. The zero-order valence-electron chi connectivity index (χ0n) is 9.29. The SMILES string of the molecule is CCOC(=O)CC=Cc1cnc(C(=O)O)nc1. The molecule has 1 N–H and O–H groups in total. The van der Waals surface area contributed by atoms with Crippen molar-refractivity contribution in [3.05, 3.63) is 29.9 Å². The number of carboxylic acid groups (broad SMARTS) is 1. The third kappa shape index (κ3) is 4.42. The van der Waals surface area contributed by atoms with Crippen molar-refractivity contribution in [2.75, 3.05) is 6.61 Å². The Morgan fingerprint density at radius 1 is 1.41 bits per heavy atom. The van der Waals surface area contributed by atoms with Crippen molar-refractivity contribution in [2.45, 2.75) is 13.3 Å². The first kappa shape index (κ1) is 12.8. The molecule has 90 valence electrons. The number of aromatic carboxylic acids is 1. The van der Waals surface area contributed by atoms with Crippen LogP contribution >= 0.6 is 0 Å². The quantitative estimate of drug-likeness (QED) is 0.771. The predicted molar refractivity (Wildman–Crippen MR) is 59.3 cm³/mol. The molecule has 1 aromatic rings. The van der Waals surface area contributed by atoms with E-state index in [1.165, 1.54) is 12.4 Å². The number of aromatic nitrogens is 2. The molecule has 0 spiro atoms. The second-order valence-corrected chi connectivity index (χ2v) is 3.06. The van der Waals surface area contributed by atoms with Crippen molar-refractivity contribution >= 4 is 18.0 Å². The number of rotatable bonds is 5. The van der Waals surface area contributed by atoms with Crippen molar-refractivity contribution in [1.29, 1.82) is 0 Å². The first-order valence-corrected chi connectivity index (χ1v) is 5.01. The summed E-state index contributed by atoms with van der Waals surface area (Å²) in [5, 5.41) is 8.58. The molecule has 0 fully saturated rings. The van der Waals surface area contributed by atoms with Crippen LogP contribution in [0.1, 0.15) is 29.5 Å². The molecular formula is C11H12N2O4. The molecule has 0 unspecified atom stereocenters. The van der Waals surface area contributed by atoms with Gasteiger partial charge in [0.15, 0.2) is 0 Å². The number of ether oxygens (including phenoxy) is 1. The number of carboxylic acids is 1. The molecule has 0 radical (unpaired) electrons. The first-order valence-electron chi connectivity index (χ1n) is 5.01. The van der Waals surface area contributed by atoms with Gasteiger partial charge in [-0.05, 0) is 6.92 Å². The zero-order chi connectivity index (χ0) is 12.7. The Hall–Kier alpha value is -2.24. The zero-order valence-corrected chi connectivity index (χ0v) is 9.29. The predicted octanol–water partition coefficient (Wildman–Crippen LogP) is 1.14. The minimum Gasteiger partial charge on any atom is -0.475 e. The van der Waals surface area contributed by atoms with Gasteiger partial charge < -0.3 is 9.84 Å². The monoisotopic (exact) mass is 236 g/mol. The molecule has 1 heterocycles. The van der Waals surface area contributed by atoms with Gasteiger partial charge in [-0.1, -0.05) is 12.2 Å². The van der Waals surface area contributed by atoms with Crippen LogP contribution in [-0.2, 0) is 9.53 Å². The van der Waals surface area contributed by atoms with Crippen molar-refractivity contribution < 1.29 is 19.4 Å². The largest absolute Gasteiger partial charge is 0.475 e. The van der Waals surface area contributed by atoms with E-state index in [1.54, 1.807) is 19.1 Å². The molecule has 0 atom stereocenters. The standard InChI is InChI=1S/C11H12N2O4/c1-2-17-9(14)5-3-4-8-6-12-10(11(15)16)13-7-8/h3-4,6-7H,2,5H2,1H3,(H,15,16). The molecule has 0 aliphatic carbocycles. The third-order valence-electron chi connectivity index (χ3n) is 1.76. The van der Waals surface area contributed by atoms with Crippen LogP contribution in [0.4, 0.5) is 0 Å². The Balaban J connectivity index is 2.54. The lowest BCUT2D eigenvalue weighted by atomic mass is 10.3. The van der Waals surface area contributed by atoms with Crippen molar-refractivity contribution in [2.24, 2.45) is 0 Å². The van der Waals surface area contributed by atoms with Gasteiger partial charge in [-0.2, -0.15) is 0 Å². The molecule has 0 aromatic carbocycles. The molecule has 1 rings (SSSR count). The third-order valence-corrected chi connectivity index (χ3v) is 1.76. The number of nitrogens with zero attached hydrogens (tertiary/aromatic N) is 2. The van der Waals surface area contributed by atoms with Gasteiger partial charge in [0, 0.05) is 18.0 Å². The van der Waals surface area contributed by atoms with Crippen molar-refractivity contribution in [1.82, 2.24) is 9.97 Å². The van der Waals surface area contributed by atoms with E-state index in [1.807, 2.05) is 0 Å². The van der Waals surface area contributed by atoms with Gasteiger partial charge in [0.1, 0.15) is 0 Å². The maximum atomic E-state index is 11.0. The average Bonchev–Trinajstić information content (AvgIpc) is 2.30. The molecule has 0 aliphatic heterocycles. The minimum atomic E-state index is -1.17. The van der Waals surface area contributed by atoms with Crippen LogP contribution in [-0.4, -0.2) is 33.6 Å². The van der Waals surface area contributed by atoms with Crippen LogP contribution in [0.3, 0.4) is 0 Å². The Kier molecular flexibility index (Phi) is 4.80. The fourth-order valence-electron chi connectivity index (χ4n) is 1.05. The van der Waals surface area contributed by atoms with Crippen LogP contribution in [0.2, 0.25) is 0 Å². The first-order chi connectivity index (χ1) is 8.13. The molecule has 6 heteroatoms. The molecule has 17 heavy (non-hydrogen) atoms. The van der Waals surface area contributed by atoms with E-state index in [0.29, 0.717) is 12.2 Å². The fraction of sp³-hybridized carbons (Fsp3) is 0.273. The lowest BCUT2D eigenvalue weighted by molar-refractivity contribution is -0.142. The van der Waals surface area contributed by atoms with Crippen LogP contribution in [0, 0.1) is 0 Å². The van der Waals surface area contributed by atoms with Crippen molar-refractivity contribution in [3.8, 4) is 0 Å². The van der Waals surface area contributed by atoms with E-state index < -0.39 is 5.97 Å². The molecule has 0 bridgehead atoms. The smallest absolute Gasteiger partial charge is 0.373 e. The molecular weight excluding hydrogens is 224 g/mol. The van der Waals surface area contributed by atoms with Crippen LogP contribution < -0.4 is 0 Å². The van der Waals surface area contributed by atoms with Gasteiger partial charge in [-0.3, -0.25) is 4.79 Å². The highest BCUT2D eigenvalue weighted by molar-refractivity contribution is 5.83. The number of hydrogen-bond acceptors (Lipinski definition) is 5. The van der Waals surface area contributed by atoms with Gasteiger partial charge in [0.05, 0.1) is 13.0 Å². The van der Waals surface area contributed by atoms with Gasteiger partial charge in [-0.15, -0.1) is 0 Å². The summed E-state index contributed by atoms with van der Waals surface area (Å²) < 4.78 is 4.73. The van der Waals surface area contributed by atoms with Crippen molar-refractivity contribution in [3.63, 3.8) is 0 Å². The molecule has 0 saturated heterocycles. The van der Waals surface area contributed by atoms with Gasteiger partial charge in [0.2, 0.25) is 5.82 Å². The number of carbonyl (C=O) groups excluding carboxylic acids is 1. The number of esters is 1. The van der Waals surface area contributed by atoms with E-state index >= 15 is 0 Å². The normalized spacial score (nSPS) is 10.4. The van der Waals surface area contributed by atoms with E-state index in [2.05, 4.69) is 9.97 Å². The Bertz CT molecular complexity index is 426. The Morgan fingerprint density at radius 3 is 2.59 bits per heavy atom. The highest BCUT2D eigenvalue weighted by Crippen LogP contribution is 2.01. The Labute approximate surface area is 98.0 Å². The summed E-state index contributed by atoms with van der Waals surface area (Å²) in [5.74, 6) is -1.74. The Morgan fingerprint density at radius 2 is 2.06 bits per heavy atom. The lowest BCUT2D eigenvalue weighted by Crippen LogP contribution is -2.03. The summed E-state index contributed by atoms with van der Waals surface area (Å²) in [4.78, 5) is 28.7. The molecule has 0 saturated carbocycles. The van der Waals surface area contributed by atoms with Gasteiger partial charge in [0.25, 0.3) is 0 Å². The minimum absolute atomic E-state index is 0.161. The van der Waals surface area contributed by atoms with E-state index in [0.717, 1.165) is 0 Å². The van der Waals surface area contributed by atoms with E-state index in [4.69, 9.17) is 9.84 Å². The molecule has 1 aromatic heterocycles. The number of hydrogen-bond donors (Lipinski definition) is 1. The summed E-state index contributed by atoms with van der Waals surface area (Å²) in [5.41, 5.74) is 0.624. The summed E-state index contributed by atoms with van der Waals surface area (Å²) in [6.45, 7) is 2.09. The maximum Gasteiger partial charge on any atom is 0.373 e. The van der Waals surface area contributed by atoms with Gasteiger partial charge in [-0.25, -0.2) is 14.8 Å². The van der Waals surface area contributed by atoms with E-state index in [9.17, 15) is 9.59 Å². The van der Waals surface area contributed by atoms with Crippen LogP contribution in [0.25, 0.3) is 6.08 Å². The summed E-state index contributed by atoms with van der Waals surface area (Å²) in [6, 6.07) is 0.